The number of hydrogen-bond acceptors (Lipinski definition) is 4. The van der Waals surface area contributed by atoms with Crippen LogP contribution in [0.15, 0.2) is 73.1 Å². The van der Waals surface area contributed by atoms with Gasteiger partial charge in [0.05, 0.1) is 17.6 Å². The monoisotopic (exact) mass is 456 g/mol. The zero-order valence-electron chi connectivity index (χ0n) is 19.9. The summed E-state index contributed by atoms with van der Waals surface area (Å²) in [4.78, 5) is 21.0. The van der Waals surface area contributed by atoms with E-state index in [9.17, 15) is 4.79 Å². The van der Waals surface area contributed by atoms with Crippen molar-refractivity contribution in [2.75, 3.05) is 13.2 Å². The van der Waals surface area contributed by atoms with Crippen molar-refractivity contribution >= 4 is 16.9 Å². The summed E-state index contributed by atoms with van der Waals surface area (Å²) in [5, 5.41) is 2.98. The number of amides is 1. The molecule has 0 aliphatic rings. The van der Waals surface area contributed by atoms with Crippen molar-refractivity contribution in [1.29, 1.82) is 0 Å². The van der Waals surface area contributed by atoms with Crippen molar-refractivity contribution in [2.24, 2.45) is 0 Å². The third-order valence-corrected chi connectivity index (χ3v) is 6.18. The molecule has 1 unspecified atom stereocenters. The quantitative estimate of drug-likeness (QED) is 0.307. The van der Waals surface area contributed by atoms with Crippen LogP contribution in [-0.2, 0) is 13.0 Å². The lowest BCUT2D eigenvalue weighted by molar-refractivity contribution is 0.0953. The summed E-state index contributed by atoms with van der Waals surface area (Å²) in [6.07, 6.45) is 5.95. The summed E-state index contributed by atoms with van der Waals surface area (Å²) >= 11 is 0. The van der Waals surface area contributed by atoms with Gasteiger partial charge in [-0.1, -0.05) is 38.1 Å². The van der Waals surface area contributed by atoms with Crippen molar-refractivity contribution in [3.8, 4) is 5.75 Å². The van der Waals surface area contributed by atoms with Crippen LogP contribution in [0.5, 0.6) is 5.75 Å². The van der Waals surface area contributed by atoms with E-state index >= 15 is 0 Å². The van der Waals surface area contributed by atoms with Gasteiger partial charge in [0, 0.05) is 30.9 Å². The lowest BCUT2D eigenvalue weighted by Gasteiger charge is -2.13. The van der Waals surface area contributed by atoms with Crippen LogP contribution in [0.1, 0.15) is 54.4 Å². The number of imidazole rings is 1. The number of carbonyl (C=O) groups is 1. The third kappa shape index (κ3) is 5.81. The van der Waals surface area contributed by atoms with Crippen LogP contribution in [0, 0.1) is 0 Å². The maximum Gasteiger partial charge on any atom is 0.251 e. The highest BCUT2D eigenvalue weighted by molar-refractivity contribution is 5.93. The van der Waals surface area contributed by atoms with Gasteiger partial charge >= 0.3 is 0 Å². The first kappa shape index (κ1) is 23.5. The average molecular weight is 457 g/mol. The fourth-order valence-corrected chi connectivity index (χ4v) is 4.00. The normalized spacial score (nSPS) is 11.9. The predicted octanol–water partition coefficient (Wildman–Crippen LogP) is 5.39. The molecular weight excluding hydrogens is 424 g/mol. The molecule has 1 amide bonds. The molecule has 34 heavy (non-hydrogen) atoms. The number of nitrogens with one attached hydrogen (secondary N) is 1. The highest BCUT2D eigenvalue weighted by Gasteiger charge is 2.11. The van der Waals surface area contributed by atoms with Crippen LogP contribution in [0.4, 0.5) is 0 Å². The predicted molar refractivity (Wildman–Crippen MR) is 135 cm³/mol. The molecule has 2 aromatic carbocycles. The molecule has 0 aliphatic carbocycles. The summed E-state index contributed by atoms with van der Waals surface area (Å²) < 4.78 is 8.28. The van der Waals surface area contributed by atoms with Gasteiger partial charge in [-0.25, -0.2) is 4.98 Å². The number of ether oxygens (including phenoxy) is 1. The zero-order chi connectivity index (χ0) is 23.8. The minimum absolute atomic E-state index is 0.0800. The number of para-hydroxylation sites is 2. The van der Waals surface area contributed by atoms with Gasteiger partial charge in [0.2, 0.25) is 0 Å². The SMILES string of the molecule is CCC(C)c1ccc(OCCn2c(CCCNC(=O)c3ccncc3)nc3ccccc32)cc1. The van der Waals surface area contributed by atoms with E-state index < -0.39 is 0 Å². The van der Waals surface area contributed by atoms with Gasteiger partial charge in [-0.05, 0) is 60.7 Å². The van der Waals surface area contributed by atoms with Crippen molar-refractivity contribution in [3.63, 3.8) is 0 Å². The number of carbonyl (C=O) groups excluding carboxylic acids is 1. The molecule has 6 heteroatoms. The molecule has 1 atom stereocenters. The summed E-state index contributed by atoms with van der Waals surface area (Å²) in [6, 6.07) is 20.0. The second kappa shape index (κ2) is 11.5. The van der Waals surface area contributed by atoms with Crippen LogP contribution in [0.3, 0.4) is 0 Å². The van der Waals surface area contributed by atoms with E-state index in [1.54, 1.807) is 24.5 Å². The van der Waals surface area contributed by atoms with E-state index in [-0.39, 0.29) is 5.91 Å². The molecule has 0 bridgehead atoms. The minimum Gasteiger partial charge on any atom is -0.492 e. The first-order valence-electron chi connectivity index (χ1n) is 12.0. The summed E-state index contributed by atoms with van der Waals surface area (Å²) in [7, 11) is 0. The van der Waals surface area contributed by atoms with E-state index in [0.717, 1.165) is 41.9 Å². The summed E-state index contributed by atoms with van der Waals surface area (Å²) in [5.74, 6) is 2.37. The third-order valence-electron chi connectivity index (χ3n) is 6.18. The van der Waals surface area contributed by atoms with Crippen molar-refractivity contribution in [3.05, 3.63) is 90.0 Å². The standard InChI is InChI=1S/C28H32N4O2/c1-3-21(2)22-10-12-24(13-11-22)34-20-19-32-26-8-5-4-7-25(26)31-27(32)9-6-16-30-28(33)23-14-17-29-18-15-23/h4-5,7-8,10-15,17-18,21H,3,6,9,16,19-20H2,1-2H3,(H,30,33). The number of pyridine rings is 1. The number of aromatic nitrogens is 3. The van der Waals surface area contributed by atoms with Gasteiger partial charge in [0.25, 0.3) is 5.91 Å². The van der Waals surface area contributed by atoms with Crippen molar-refractivity contribution in [2.45, 2.75) is 45.6 Å². The van der Waals surface area contributed by atoms with Gasteiger partial charge < -0.3 is 14.6 Å². The Labute approximate surface area is 201 Å². The highest BCUT2D eigenvalue weighted by atomic mass is 16.5. The first-order chi connectivity index (χ1) is 16.7. The Balaban J connectivity index is 1.35. The fraction of sp³-hybridized carbons (Fsp3) is 0.321. The summed E-state index contributed by atoms with van der Waals surface area (Å²) in [5.41, 5.74) is 4.05. The van der Waals surface area contributed by atoms with Gasteiger partial charge in [-0.2, -0.15) is 0 Å². The molecule has 0 spiro atoms. The molecule has 0 saturated carbocycles. The molecule has 4 rings (SSSR count). The second-order valence-electron chi connectivity index (χ2n) is 8.49. The molecule has 4 aromatic rings. The van der Waals surface area contributed by atoms with Crippen LogP contribution < -0.4 is 10.1 Å². The van der Waals surface area contributed by atoms with Gasteiger partial charge in [0.15, 0.2) is 0 Å². The van der Waals surface area contributed by atoms with Crippen LogP contribution in [0.2, 0.25) is 0 Å². The minimum atomic E-state index is -0.0800. The number of aryl methyl sites for hydroxylation is 1. The molecule has 6 nitrogen and oxygen atoms in total. The number of rotatable bonds is 11. The lowest BCUT2D eigenvalue weighted by Crippen LogP contribution is -2.25. The van der Waals surface area contributed by atoms with Crippen LogP contribution in [0.25, 0.3) is 11.0 Å². The van der Waals surface area contributed by atoms with E-state index in [0.29, 0.717) is 31.2 Å². The van der Waals surface area contributed by atoms with Crippen molar-refractivity contribution in [1.82, 2.24) is 19.9 Å². The van der Waals surface area contributed by atoms with E-state index in [1.165, 1.54) is 5.56 Å². The highest BCUT2D eigenvalue weighted by Crippen LogP contribution is 2.22. The topological polar surface area (TPSA) is 69.0 Å². The zero-order valence-corrected chi connectivity index (χ0v) is 19.9. The molecule has 1 N–H and O–H groups in total. The smallest absolute Gasteiger partial charge is 0.251 e. The second-order valence-corrected chi connectivity index (χ2v) is 8.49. The Hall–Kier alpha value is -3.67. The Morgan fingerprint density at radius 1 is 1.06 bits per heavy atom. The molecule has 2 heterocycles. The van der Waals surface area contributed by atoms with Crippen molar-refractivity contribution < 1.29 is 9.53 Å². The molecule has 176 valence electrons. The average Bonchev–Trinajstić information content (AvgIpc) is 3.24. The molecule has 0 fully saturated rings. The molecule has 0 aliphatic heterocycles. The van der Waals surface area contributed by atoms with E-state index in [2.05, 4.69) is 59.0 Å². The Bertz CT molecular complexity index is 1200. The molecule has 0 radical (unpaired) electrons. The van der Waals surface area contributed by atoms with Gasteiger partial charge in [-0.15, -0.1) is 0 Å². The maximum absolute atomic E-state index is 12.2. The maximum atomic E-state index is 12.2. The molecule has 2 aromatic heterocycles. The Kier molecular flexibility index (Phi) is 7.91. The fourth-order valence-electron chi connectivity index (χ4n) is 4.00. The van der Waals surface area contributed by atoms with Crippen LogP contribution >= 0.6 is 0 Å². The number of fused-ring (bicyclic) bond motifs is 1. The number of nitrogens with zero attached hydrogens (tertiary/aromatic N) is 3. The lowest BCUT2D eigenvalue weighted by atomic mass is 9.99. The number of benzene rings is 2. The summed E-state index contributed by atoms with van der Waals surface area (Å²) in [6.45, 7) is 6.31. The molecule has 0 saturated heterocycles. The van der Waals surface area contributed by atoms with Gasteiger partial charge in [-0.3, -0.25) is 9.78 Å². The van der Waals surface area contributed by atoms with Gasteiger partial charge in [0.1, 0.15) is 18.2 Å². The van der Waals surface area contributed by atoms with E-state index in [1.807, 2.05) is 18.2 Å². The largest absolute Gasteiger partial charge is 0.492 e. The van der Waals surface area contributed by atoms with E-state index in [4.69, 9.17) is 9.72 Å². The first-order valence-corrected chi connectivity index (χ1v) is 12.0. The Morgan fingerprint density at radius 3 is 2.59 bits per heavy atom. The Morgan fingerprint density at radius 2 is 1.82 bits per heavy atom. The van der Waals surface area contributed by atoms with Crippen LogP contribution in [-0.4, -0.2) is 33.6 Å². The number of hydrogen-bond donors (Lipinski definition) is 1. The molecular formula is C28H32N4O2.